The molecule has 0 bridgehead atoms. The molecule has 2 aromatic rings. The molecule has 3 heterocycles. The fraction of sp³-hybridized carbons (Fsp3) is 0.467. The minimum Gasteiger partial charge on any atom is -0.475 e. The monoisotopic (exact) mass is 301 g/mol. The van der Waals surface area contributed by atoms with Crippen molar-refractivity contribution in [1.82, 2.24) is 25.1 Å². The van der Waals surface area contributed by atoms with Crippen LogP contribution in [-0.4, -0.2) is 31.8 Å². The summed E-state index contributed by atoms with van der Waals surface area (Å²) in [6.45, 7) is 5.16. The number of hydrogen-bond donors (Lipinski definition) is 1. The summed E-state index contributed by atoms with van der Waals surface area (Å²) >= 11 is 0. The highest BCUT2D eigenvalue weighted by Crippen LogP contribution is 2.14. The van der Waals surface area contributed by atoms with E-state index in [-0.39, 0.29) is 12.0 Å². The predicted molar refractivity (Wildman–Crippen MR) is 79.5 cm³/mol. The van der Waals surface area contributed by atoms with Gasteiger partial charge in [0.1, 0.15) is 5.82 Å². The van der Waals surface area contributed by atoms with Crippen LogP contribution in [-0.2, 0) is 19.5 Å². The third-order valence-electron chi connectivity index (χ3n) is 3.45. The Morgan fingerprint density at radius 2 is 2.27 bits per heavy atom. The number of hydrogen-bond acceptors (Lipinski definition) is 5. The van der Waals surface area contributed by atoms with Gasteiger partial charge in [0.15, 0.2) is 5.82 Å². The molecular weight excluding hydrogens is 282 g/mol. The molecule has 22 heavy (non-hydrogen) atoms. The fourth-order valence-electron chi connectivity index (χ4n) is 2.43. The lowest BCUT2D eigenvalue weighted by Crippen LogP contribution is -2.24. The van der Waals surface area contributed by atoms with Crippen LogP contribution in [0, 0.1) is 0 Å². The smallest absolute Gasteiger partial charge is 0.253 e. The van der Waals surface area contributed by atoms with E-state index in [0.29, 0.717) is 18.0 Å². The molecule has 1 amide bonds. The number of rotatable bonds is 5. The molecular formula is C15H19N5O2. The summed E-state index contributed by atoms with van der Waals surface area (Å²) in [7, 11) is 0. The van der Waals surface area contributed by atoms with Gasteiger partial charge in [0, 0.05) is 25.2 Å². The number of fused-ring (bicyclic) bond motifs is 1. The quantitative estimate of drug-likeness (QED) is 0.901. The molecule has 0 fully saturated rings. The predicted octanol–water partition coefficient (Wildman–Crippen LogP) is 1.34. The van der Waals surface area contributed by atoms with Gasteiger partial charge in [-0.05, 0) is 26.3 Å². The molecule has 116 valence electrons. The van der Waals surface area contributed by atoms with Gasteiger partial charge in [-0.2, -0.15) is 0 Å². The number of amides is 1. The van der Waals surface area contributed by atoms with Crippen LogP contribution in [0.1, 0.15) is 42.3 Å². The highest BCUT2D eigenvalue weighted by Gasteiger charge is 2.17. The van der Waals surface area contributed by atoms with E-state index in [0.717, 1.165) is 31.0 Å². The van der Waals surface area contributed by atoms with Gasteiger partial charge in [0.05, 0.1) is 18.2 Å². The first-order valence-corrected chi connectivity index (χ1v) is 7.45. The number of nitrogens with one attached hydrogen (secondary N) is 1. The molecule has 3 rings (SSSR count). The van der Waals surface area contributed by atoms with Crippen LogP contribution in [0.25, 0.3) is 0 Å². The van der Waals surface area contributed by atoms with Crippen molar-refractivity contribution < 1.29 is 9.53 Å². The number of pyridine rings is 1. The number of aromatic nitrogens is 4. The van der Waals surface area contributed by atoms with Gasteiger partial charge in [-0.15, -0.1) is 10.2 Å². The Kier molecular flexibility index (Phi) is 4.04. The third kappa shape index (κ3) is 3.08. The maximum atomic E-state index is 12.1. The summed E-state index contributed by atoms with van der Waals surface area (Å²) in [5.41, 5.74) is 0.497. The second-order valence-corrected chi connectivity index (χ2v) is 5.52. The van der Waals surface area contributed by atoms with Crippen LogP contribution in [0.3, 0.4) is 0 Å². The second-order valence-electron chi connectivity index (χ2n) is 5.52. The minimum absolute atomic E-state index is 0.0576. The molecule has 1 N–H and O–H groups in total. The van der Waals surface area contributed by atoms with Crippen molar-refractivity contribution in [3.8, 4) is 5.88 Å². The van der Waals surface area contributed by atoms with E-state index in [1.807, 2.05) is 13.8 Å². The highest BCUT2D eigenvalue weighted by atomic mass is 16.5. The summed E-state index contributed by atoms with van der Waals surface area (Å²) in [5.74, 6) is 2.13. The van der Waals surface area contributed by atoms with Crippen molar-refractivity contribution in [2.24, 2.45) is 0 Å². The fourth-order valence-corrected chi connectivity index (χ4v) is 2.43. The first-order chi connectivity index (χ1) is 10.6. The van der Waals surface area contributed by atoms with Gasteiger partial charge in [-0.25, -0.2) is 4.98 Å². The average Bonchev–Trinajstić information content (AvgIpc) is 3.08. The van der Waals surface area contributed by atoms with Crippen molar-refractivity contribution in [3.05, 3.63) is 35.5 Å². The number of nitrogens with zero attached hydrogens (tertiary/aromatic N) is 4. The summed E-state index contributed by atoms with van der Waals surface area (Å²) in [4.78, 5) is 16.3. The van der Waals surface area contributed by atoms with Gasteiger partial charge < -0.3 is 14.6 Å². The zero-order valence-corrected chi connectivity index (χ0v) is 12.7. The second kappa shape index (κ2) is 6.13. The molecule has 0 aliphatic carbocycles. The number of ether oxygens (including phenoxy) is 1. The molecule has 0 aromatic carbocycles. The Bertz CT molecular complexity index is 663. The van der Waals surface area contributed by atoms with Crippen molar-refractivity contribution in [2.45, 2.75) is 45.9 Å². The molecule has 0 unspecified atom stereocenters. The largest absolute Gasteiger partial charge is 0.475 e. The van der Waals surface area contributed by atoms with E-state index in [1.54, 1.807) is 12.1 Å². The normalized spacial score (nSPS) is 13.2. The molecule has 7 heteroatoms. The summed E-state index contributed by atoms with van der Waals surface area (Å²) in [5, 5.41) is 11.1. The standard InChI is InChI=1S/C15H19N5O2/c1-10(2)22-14-6-5-11(8-16-14)15(21)17-9-13-19-18-12-4-3-7-20(12)13/h5-6,8,10H,3-4,7,9H2,1-2H3,(H,17,21). The average molecular weight is 301 g/mol. The molecule has 0 saturated heterocycles. The van der Waals surface area contributed by atoms with E-state index in [4.69, 9.17) is 4.74 Å². The van der Waals surface area contributed by atoms with Crippen molar-refractivity contribution in [1.29, 1.82) is 0 Å². The van der Waals surface area contributed by atoms with Crippen molar-refractivity contribution in [3.63, 3.8) is 0 Å². The van der Waals surface area contributed by atoms with Crippen LogP contribution >= 0.6 is 0 Å². The van der Waals surface area contributed by atoms with E-state index in [9.17, 15) is 4.79 Å². The van der Waals surface area contributed by atoms with Gasteiger partial charge in [0.25, 0.3) is 5.91 Å². The van der Waals surface area contributed by atoms with E-state index < -0.39 is 0 Å². The minimum atomic E-state index is -0.182. The number of carbonyl (C=O) groups is 1. The molecule has 0 radical (unpaired) electrons. The molecule has 0 atom stereocenters. The molecule has 1 aliphatic rings. The third-order valence-corrected chi connectivity index (χ3v) is 3.45. The highest BCUT2D eigenvalue weighted by molar-refractivity contribution is 5.93. The lowest BCUT2D eigenvalue weighted by Gasteiger charge is -2.09. The van der Waals surface area contributed by atoms with Gasteiger partial charge >= 0.3 is 0 Å². The van der Waals surface area contributed by atoms with Gasteiger partial charge in [-0.1, -0.05) is 0 Å². The first-order valence-electron chi connectivity index (χ1n) is 7.45. The Morgan fingerprint density at radius 1 is 1.41 bits per heavy atom. The number of aryl methyl sites for hydroxylation is 1. The summed E-state index contributed by atoms with van der Waals surface area (Å²) in [6.07, 6.45) is 3.62. The lowest BCUT2D eigenvalue weighted by molar-refractivity contribution is 0.0949. The number of carbonyl (C=O) groups excluding carboxylic acids is 1. The SMILES string of the molecule is CC(C)Oc1ccc(C(=O)NCc2nnc3n2CCC3)cn1. The summed E-state index contributed by atoms with van der Waals surface area (Å²) in [6, 6.07) is 3.40. The van der Waals surface area contributed by atoms with Crippen LogP contribution in [0.5, 0.6) is 5.88 Å². The van der Waals surface area contributed by atoms with Gasteiger partial charge in [-0.3, -0.25) is 4.79 Å². The topological polar surface area (TPSA) is 81.9 Å². The molecule has 7 nitrogen and oxygen atoms in total. The van der Waals surface area contributed by atoms with Crippen LogP contribution in [0.2, 0.25) is 0 Å². The van der Waals surface area contributed by atoms with Gasteiger partial charge in [0.2, 0.25) is 5.88 Å². The first kappa shape index (κ1) is 14.5. The van der Waals surface area contributed by atoms with E-state index >= 15 is 0 Å². The molecule has 1 aliphatic heterocycles. The Balaban J connectivity index is 1.59. The van der Waals surface area contributed by atoms with Crippen molar-refractivity contribution >= 4 is 5.91 Å². The molecule has 2 aromatic heterocycles. The zero-order chi connectivity index (χ0) is 15.5. The van der Waals surface area contributed by atoms with E-state index in [1.165, 1.54) is 6.20 Å². The van der Waals surface area contributed by atoms with Crippen molar-refractivity contribution in [2.75, 3.05) is 0 Å². The maximum Gasteiger partial charge on any atom is 0.253 e. The Labute approximate surface area is 128 Å². The van der Waals surface area contributed by atoms with Crippen LogP contribution in [0.4, 0.5) is 0 Å². The maximum absolute atomic E-state index is 12.1. The van der Waals surface area contributed by atoms with E-state index in [2.05, 4.69) is 25.1 Å². The Morgan fingerprint density at radius 3 is 3.00 bits per heavy atom. The molecule has 0 spiro atoms. The molecule has 0 saturated carbocycles. The Hall–Kier alpha value is -2.44. The zero-order valence-electron chi connectivity index (χ0n) is 12.7. The lowest BCUT2D eigenvalue weighted by atomic mass is 10.2. The van der Waals surface area contributed by atoms with Crippen LogP contribution < -0.4 is 10.1 Å². The van der Waals surface area contributed by atoms with Crippen LogP contribution in [0.15, 0.2) is 18.3 Å². The summed E-state index contributed by atoms with van der Waals surface area (Å²) < 4.78 is 7.52.